The second kappa shape index (κ2) is 7.03. The van der Waals surface area contributed by atoms with Crippen LogP contribution < -0.4 is 0 Å². The Morgan fingerprint density at radius 1 is 1.32 bits per heavy atom. The third kappa shape index (κ3) is 3.36. The average molecular weight is 301 g/mol. The van der Waals surface area contributed by atoms with E-state index in [1.807, 2.05) is 31.2 Å². The summed E-state index contributed by atoms with van der Waals surface area (Å²) in [6, 6.07) is 8.46. The maximum absolute atomic E-state index is 9.21. The predicted octanol–water partition coefficient (Wildman–Crippen LogP) is 2.78. The van der Waals surface area contributed by atoms with Crippen molar-refractivity contribution in [3.63, 3.8) is 0 Å². The fourth-order valence-corrected chi connectivity index (χ4v) is 3.17. The fourth-order valence-electron chi connectivity index (χ4n) is 3.17. The van der Waals surface area contributed by atoms with Crippen LogP contribution in [0, 0.1) is 6.92 Å². The molecule has 0 amide bonds. The van der Waals surface area contributed by atoms with Gasteiger partial charge in [0.05, 0.1) is 6.54 Å². The van der Waals surface area contributed by atoms with Crippen LogP contribution in [0.3, 0.4) is 0 Å². The molecule has 1 aliphatic rings. The summed E-state index contributed by atoms with van der Waals surface area (Å²) in [5.41, 5.74) is 2.13. The molecule has 5 nitrogen and oxygen atoms in total. The Labute approximate surface area is 131 Å². The van der Waals surface area contributed by atoms with E-state index in [0.29, 0.717) is 18.5 Å². The van der Waals surface area contributed by atoms with Gasteiger partial charge in [-0.05, 0) is 44.4 Å². The number of rotatable bonds is 5. The summed E-state index contributed by atoms with van der Waals surface area (Å²) in [6.45, 7) is 4.02. The van der Waals surface area contributed by atoms with Crippen molar-refractivity contribution in [1.82, 2.24) is 15.0 Å². The normalized spacial score (nSPS) is 19.5. The summed E-state index contributed by atoms with van der Waals surface area (Å²) in [6.07, 6.45) is 4.40. The first-order chi connectivity index (χ1) is 10.8. The maximum atomic E-state index is 9.21. The van der Waals surface area contributed by atoms with E-state index in [-0.39, 0.29) is 6.61 Å². The van der Waals surface area contributed by atoms with Crippen LogP contribution >= 0.6 is 0 Å². The molecule has 1 unspecified atom stereocenters. The quantitative estimate of drug-likeness (QED) is 0.920. The Balaban J connectivity index is 1.72. The smallest absolute Gasteiger partial charge is 0.258 e. The van der Waals surface area contributed by atoms with Crippen LogP contribution in [0.25, 0.3) is 11.5 Å². The molecule has 2 heterocycles. The molecule has 0 saturated carbocycles. The van der Waals surface area contributed by atoms with Gasteiger partial charge in [-0.2, -0.15) is 4.98 Å². The first kappa shape index (κ1) is 15.2. The van der Waals surface area contributed by atoms with E-state index in [9.17, 15) is 5.11 Å². The molecule has 1 saturated heterocycles. The molecule has 1 fully saturated rings. The Morgan fingerprint density at radius 2 is 2.18 bits per heavy atom. The monoisotopic (exact) mass is 301 g/mol. The molecule has 1 atom stereocenters. The van der Waals surface area contributed by atoms with Crippen molar-refractivity contribution in [2.45, 2.75) is 45.2 Å². The summed E-state index contributed by atoms with van der Waals surface area (Å²) in [5.74, 6) is 1.31. The lowest BCUT2D eigenvalue weighted by Gasteiger charge is -2.34. The first-order valence-electron chi connectivity index (χ1n) is 8.01. The van der Waals surface area contributed by atoms with Crippen LogP contribution in [0.15, 0.2) is 28.8 Å². The molecule has 0 spiro atoms. The summed E-state index contributed by atoms with van der Waals surface area (Å²) in [7, 11) is 0. The Morgan fingerprint density at radius 3 is 3.00 bits per heavy atom. The number of nitrogens with zero attached hydrogens (tertiary/aromatic N) is 3. The number of benzene rings is 1. The van der Waals surface area contributed by atoms with Crippen LogP contribution in [0.4, 0.5) is 0 Å². The number of hydrogen-bond donors (Lipinski definition) is 1. The summed E-state index contributed by atoms with van der Waals surface area (Å²) < 4.78 is 5.43. The lowest BCUT2D eigenvalue weighted by Crippen LogP contribution is -2.39. The first-order valence-corrected chi connectivity index (χ1v) is 8.01. The predicted molar refractivity (Wildman–Crippen MR) is 84.2 cm³/mol. The van der Waals surface area contributed by atoms with E-state index in [2.05, 4.69) is 15.0 Å². The van der Waals surface area contributed by atoms with Crippen LogP contribution in [0.5, 0.6) is 0 Å². The van der Waals surface area contributed by atoms with Gasteiger partial charge in [0.25, 0.3) is 5.89 Å². The SMILES string of the molecule is Cc1ccccc1-c1nc(CN2CCCCC2CCO)no1. The zero-order valence-electron chi connectivity index (χ0n) is 13.0. The standard InChI is InChI=1S/C17H23N3O2/c1-13-6-2-3-8-15(13)17-18-16(19-22-17)12-20-10-5-4-7-14(20)9-11-21/h2-3,6,8,14,21H,4-5,7,9-12H2,1H3. The van der Waals surface area contributed by atoms with Gasteiger partial charge in [-0.15, -0.1) is 0 Å². The highest BCUT2D eigenvalue weighted by atomic mass is 16.5. The van der Waals surface area contributed by atoms with E-state index >= 15 is 0 Å². The molecule has 1 aromatic heterocycles. The molecule has 5 heteroatoms. The van der Waals surface area contributed by atoms with E-state index in [0.717, 1.165) is 36.3 Å². The number of aromatic nitrogens is 2. The molecular weight excluding hydrogens is 278 g/mol. The van der Waals surface area contributed by atoms with Crippen molar-refractivity contribution in [2.24, 2.45) is 0 Å². The van der Waals surface area contributed by atoms with Gasteiger partial charge in [0, 0.05) is 18.2 Å². The molecule has 2 aromatic rings. The van der Waals surface area contributed by atoms with Crippen molar-refractivity contribution in [2.75, 3.05) is 13.2 Å². The number of aryl methyl sites for hydroxylation is 1. The van der Waals surface area contributed by atoms with Gasteiger partial charge in [-0.25, -0.2) is 0 Å². The van der Waals surface area contributed by atoms with Gasteiger partial charge in [0.1, 0.15) is 0 Å². The van der Waals surface area contributed by atoms with E-state index in [4.69, 9.17) is 4.52 Å². The van der Waals surface area contributed by atoms with Gasteiger partial charge >= 0.3 is 0 Å². The van der Waals surface area contributed by atoms with Gasteiger partial charge in [0.2, 0.25) is 0 Å². The molecule has 0 aliphatic carbocycles. The van der Waals surface area contributed by atoms with Crippen molar-refractivity contribution >= 4 is 0 Å². The molecule has 1 aromatic carbocycles. The lowest BCUT2D eigenvalue weighted by atomic mass is 10.00. The zero-order valence-corrected chi connectivity index (χ0v) is 13.0. The van der Waals surface area contributed by atoms with E-state index in [1.165, 1.54) is 12.8 Å². The van der Waals surface area contributed by atoms with E-state index in [1.54, 1.807) is 0 Å². The van der Waals surface area contributed by atoms with Crippen LogP contribution in [0.2, 0.25) is 0 Å². The number of hydrogen-bond acceptors (Lipinski definition) is 5. The fraction of sp³-hybridized carbons (Fsp3) is 0.529. The molecule has 1 aliphatic heterocycles. The zero-order chi connectivity index (χ0) is 15.4. The number of likely N-dealkylation sites (tertiary alicyclic amines) is 1. The molecule has 0 bridgehead atoms. The van der Waals surface area contributed by atoms with Gasteiger partial charge in [-0.1, -0.05) is 29.8 Å². The topological polar surface area (TPSA) is 62.4 Å². The minimum atomic E-state index is 0.238. The third-order valence-corrected chi connectivity index (χ3v) is 4.40. The molecular formula is C17H23N3O2. The lowest BCUT2D eigenvalue weighted by molar-refractivity contribution is 0.109. The number of piperidine rings is 1. The van der Waals surface area contributed by atoms with Crippen molar-refractivity contribution < 1.29 is 9.63 Å². The minimum absolute atomic E-state index is 0.238. The van der Waals surface area contributed by atoms with Gasteiger partial charge in [-0.3, -0.25) is 4.90 Å². The largest absolute Gasteiger partial charge is 0.396 e. The molecule has 118 valence electrons. The highest BCUT2D eigenvalue weighted by Gasteiger charge is 2.23. The second-order valence-electron chi connectivity index (χ2n) is 5.96. The highest BCUT2D eigenvalue weighted by molar-refractivity contribution is 5.57. The minimum Gasteiger partial charge on any atom is -0.396 e. The molecule has 22 heavy (non-hydrogen) atoms. The van der Waals surface area contributed by atoms with E-state index < -0.39 is 0 Å². The highest BCUT2D eigenvalue weighted by Crippen LogP contribution is 2.24. The number of aliphatic hydroxyl groups excluding tert-OH is 1. The summed E-state index contributed by atoms with van der Waals surface area (Å²) in [5, 5.41) is 13.3. The Kier molecular flexibility index (Phi) is 4.85. The number of aliphatic hydroxyl groups is 1. The molecule has 1 N–H and O–H groups in total. The van der Waals surface area contributed by atoms with Crippen molar-refractivity contribution in [1.29, 1.82) is 0 Å². The summed E-state index contributed by atoms with van der Waals surface area (Å²) >= 11 is 0. The van der Waals surface area contributed by atoms with Crippen LogP contribution in [-0.2, 0) is 6.54 Å². The van der Waals surface area contributed by atoms with Crippen molar-refractivity contribution in [3.8, 4) is 11.5 Å². The van der Waals surface area contributed by atoms with Crippen molar-refractivity contribution in [3.05, 3.63) is 35.7 Å². The second-order valence-corrected chi connectivity index (χ2v) is 5.96. The maximum Gasteiger partial charge on any atom is 0.258 e. The molecule has 0 radical (unpaired) electrons. The molecule has 3 rings (SSSR count). The van der Waals surface area contributed by atoms with Gasteiger partial charge in [0.15, 0.2) is 5.82 Å². The van der Waals surface area contributed by atoms with Crippen LogP contribution in [-0.4, -0.2) is 39.3 Å². The van der Waals surface area contributed by atoms with Crippen LogP contribution in [0.1, 0.15) is 37.1 Å². The summed E-state index contributed by atoms with van der Waals surface area (Å²) in [4.78, 5) is 6.92. The third-order valence-electron chi connectivity index (χ3n) is 4.40. The average Bonchev–Trinajstić information content (AvgIpc) is 2.98. The Hall–Kier alpha value is -1.72. The Bertz CT molecular complexity index is 609. The van der Waals surface area contributed by atoms with Gasteiger partial charge < -0.3 is 9.63 Å².